The summed E-state index contributed by atoms with van der Waals surface area (Å²) in [5.41, 5.74) is 6.35. The van der Waals surface area contributed by atoms with Gasteiger partial charge in [-0.2, -0.15) is 0 Å². The molecule has 0 aliphatic heterocycles. The van der Waals surface area contributed by atoms with Gasteiger partial charge in [-0.1, -0.05) is 11.2 Å². The molecule has 0 atom stereocenters. The van der Waals surface area contributed by atoms with Gasteiger partial charge in [0.1, 0.15) is 11.4 Å². The zero-order valence-corrected chi connectivity index (χ0v) is 11.1. The molecule has 2 aromatic rings. The molecule has 1 heterocycles. The third-order valence-corrected chi connectivity index (χ3v) is 2.65. The first kappa shape index (κ1) is 14.3. The summed E-state index contributed by atoms with van der Waals surface area (Å²) in [6.07, 6.45) is 1.33. The number of nitro groups is 1. The summed E-state index contributed by atoms with van der Waals surface area (Å²) in [5.74, 6) is 0.291. The number of ether oxygens (including phenoxy) is 1. The van der Waals surface area contributed by atoms with Crippen LogP contribution in [0.25, 0.3) is 0 Å². The Morgan fingerprint density at radius 1 is 1.43 bits per heavy atom. The van der Waals surface area contributed by atoms with Crippen molar-refractivity contribution >= 4 is 11.5 Å². The maximum atomic E-state index is 11.0. The molecule has 0 amide bonds. The molecule has 3 N–H and O–H groups in total. The topological polar surface area (TPSA) is 124 Å². The Hall–Kier alpha value is -3.16. The van der Waals surface area contributed by atoms with Gasteiger partial charge in [-0.3, -0.25) is 10.1 Å². The number of nitro benzene ring substituents is 1. The fourth-order valence-electron chi connectivity index (χ4n) is 1.62. The molecule has 0 aliphatic rings. The van der Waals surface area contributed by atoms with E-state index in [4.69, 9.17) is 15.7 Å². The summed E-state index contributed by atoms with van der Waals surface area (Å²) in [7, 11) is 0. The highest BCUT2D eigenvalue weighted by Gasteiger charge is 2.16. The predicted octanol–water partition coefficient (Wildman–Crippen LogP) is 2.19. The van der Waals surface area contributed by atoms with Crippen LogP contribution >= 0.6 is 0 Å². The highest BCUT2D eigenvalue weighted by Crippen LogP contribution is 2.31. The van der Waals surface area contributed by atoms with Crippen LogP contribution in [-0.4, -0.2) is 21.0 Å². The van der Waals surface area contributed by atoms with Crippen LogP contribution in [0.1, 0.15) is 11.3 Å². The molecule has 21 heavy (non-hydrogen) atoms. The van der Waals surface area contributed by atoms with E-state index in [1.54, 1.807) is 19.1 Å². The van der Waals surface area contributed by atoms with Crippen molar-refractivity contribution in [1.82, 2.24) is 4.98 Å². The first-order valence-electron chi connectivity index (χ1n) is 5.88. The van der Waals surface area contributed by atoms with E-state index in [1.165, 1.54) is 24.4 Å². The molecule has 8 nitrogen and oxygen atoms in total. The quantitative estimate of drug-likeness (QED) is 0.292. The molecular formula is C13H12N4O4. The van der Waals surface area contributed by atoms with Gasteiger partial charge in [0.05, 0.1) is 11.1 Å². The average Bonchev–Trinajstić information content (AvgIpc) is 2.47. The number of aryl methyl sites for hydroxylation is 1. The molecule has 0 unspecified atom stereocenters. The van der Waals surface area contributed by atoms with Crippen molar-refractivity contribution in [3.63, 3.8) is 0 Å². The van der Waals surface area contributed by atoms with Crippen LogP contribution in [0.5, 0.6) is 11.5 Å². The second kappa shape index (κ2) is 5.87. The minimum atomic E-state index is -0.521. The Morgan fingerprint density at radius 2 is 2.19 bits per heavy atom. The van der Waals surface area contributed by atoms with E-state index in [0.717, 1.165) is 5.56 Å². The molecular weight excluding hydrogens is 276 g/mol. The molecule has 0 aliphatic carbocycles. The first-order chi connectivity index (χ1) is 10.0. The molecule has 0 radical (unpaired) electrons. The molecule has 1 aromatic carbocycles. The number of rotatable bonds is 4. The van der Waals surface area contributed by atoms with Crippen molar-refractivity contribution in [3.05, 3.63) is 57.9 Å². The zero-order chi connectivity index (χ0) is 15.4. The molecule has 0 saturated heterocycles. The van der Waals surface area contributed by atoms with E-state index in [2.05, 4.69) is 10.1 Å². The van der Waals surface area contributed by atoms with Crippen LogP contribution < -0.4 is 10.5 Å². The fourth-order valence-corrected chi connectivity index (χ4v) is 1.62. The van der Waals surface area contributed by atoms with Gasteiger partial charge in [0.15, 0.2) is 5.84 Å². The van der Waals surface area contributed by atoms with Crippen molar-refractivity contribution in [2.24, 2.45) is 10.9 Å². The first-order valence-corrected chi connectivity index (χ1v) is 5.88. The number of hydrogen-bond donors (Lipinski definition) is 2. The van der Waals surface area contributed by atoms with E-state index in [1.807, 2.05) is 0 Å². The summed E-state index contributed by atoms with van der Waals surface area (Å²) in [5, 5.41) is 22.3. The van der Waals surface area contributed by atoms with Gasteiger partial charge in [0, 0.05) is 6.07 Å². The number of amidine groups is 1. The standard InChI is InChI=1S/C13H12N4O4/c1-8-2-5-11(17(19)20)12(6-8)21-9-3-4-10(15-7-9)13(14)16-18/h2-7,18H,1H3,(H2,14,16). The summed E-state index contributed by atoms with van der Waals surface area (Å²) < 4.78 is 5.47. The zero-order valence-electron chi connectivity index (χ0n) is 11.1. The molecule has 108 valence electrons. The summed E-state index contributed by atoms with van der Waals surface area (Å²) in [4.78, 5) is 14.4. The Labute approximate surface area is 119 Å². The van der Waals surface area contributed by atoms with Gasteiger partial charge in [-0.15, -0.1) is 0 Å². The number of nitrogens with zero attached hydrogens (tertiary/aromatic N) is 3. The Kier molecular flexibility index (Phi) is 3.98. The molecule has 0 fully saturated rings. The van der Waals surface area contributed by atoms with E-state index in [0.29, 0.717) is 5.75 Å². The van der Waals surface area contributed by atoms with E-state index in [-0.39, 0.29) is 23.0 Å². The largest absolute Gasteiger partial charge is 0.448 e. The third kappa shape index (κ3) is 3.24. The number of hydrogen-bond acceptors (Lipinski definition) is 6. The molecule has 2 rings (SSSR count). The lowest BCUT2D eigenvalue weighted by atomic mass is 10.2. The van der Waals surface area contributed by atoms with Gasteiger partial charge in [-0.05, 0) is 30.7 Å². The Bertz CT molecular complexity index is 698. The maximum Gasteiger partial charge on any atom is 0.311 e. The lowest BCUT2D eigenvalue weighted by molar-refractivity contribution is -0.385. The monoisotopic (exact) mass is 288 g/mol. The molecule has 0 spiro atoms. The van der Waals surface area contributed by atoms with E-state index < -0.39 is 4.92 Å². The third-order valence-electron chi connectivity index (χ3n) is 2.65. The predicted molar refractivity (Wildman–Crippen MR) is 74.7 cm³/mol. The summed E-state index contributed by atoms with van der Waals surface area (Å²) >= 11 is 0. The normalized spacial score (nSPS) is 11.2. The van der Waals surface area contributed by atoms with Gasteiger partial charge in [0.25, 0.3) is 0 Å². The van der Waals surface area contributed by atoms with Crippen LogP contribution in [0.2, 0.25) is 0 Å². The van der Waals surface area contributed by atoms with E-state index in [9.17, 15) is 10.1 Å². The van der Waals surface area contributed by atoms with E-state index >= 15 is 0 Å². The summed E-state index contributed by atoms with van der Waals surface area (Å²) in [6, 6.07) is 7.57. The molecule has 0 bridgehead atoms. The van der Waals surface area contributed by atoms with Crippen LogP contribution in [0.4, 0.5) is 5.69 Å². The lowest BCUT2D eigenvalue weighted by Crippen LogP contribution is -2.14. The Balaban J connectivity index is 2.30. The molecule has 0 saturated carbocycles. The second-order valence-corrected chi connectivity index (χ2v) is 4.19. The highest BCUT2D eigenvalue weighted by atomic mass is 16.6. The molecule has 1 aromatic heterocycles. The smallest absolute Gasteiger partial charge is 0.311 e. The SMILES string of the molecule is Cc1ccc([N+](=O)[O-])c(Oc2ccc(/C(N)=N/O)nc2)c1. The number of pyridine rings is 1. The number of benzene rings is 1. The lowest BCUT2D eigenvalue weighted by Gasteiger charge is -2.07. The van der Waals surface area contributed by atoms with Crippen LogP contribution in [0.3, 0.4) is 0 Å². The highest BCUT2D eigenvalue weighted by molar-refractivity contribution is 5.95. The van der Waals surface area contributed by atoms with Crippen molar-refractivity contribution in [1.29, 1.82) is 0 Å². The van der Waals surface area contributed by atoms with Gasteiger partial charge in [-0.25, -0.2) is 4.98 Å². The van der Waals surface area contributed by atoms with Crippen molar-refractivity contribution in [2.75, 3.05) is 0 Å². The minimum absolute atomic E-state index is 0.123. The average molecular weight is 288 g/mol. The Morgan fingerprint density at radius 3 is 2.76 bits per heavy atom. The van der Waals surface area contributed by atoms with Gasteiger partial charge >= 0.3 is 5.69 Å². The van der Waals surface area contributed by atoms with Gasteiger partial charge < -0.3 is 15.7 Å². The van der Waals surface area contributed by atoms with Crippen molar-refractivity contribution in [3.8, 4) is 11.5 Å². The number of nitrogens with two attached hydrogens (primary N) is 1. The second-order valence-electron chi connectivity index (χ2n) is 4.19. The number of aromatic nitrogens is 1. The maximum absolute atomic E-state index is 11.0. The molecule has 8 heteroatoms. The van der Waals surface area contributed by atoms with Crippen molar-refractivity contribution in [2.45, 2.75) is 6.92 Å². The van der Waals surface area contributed by atoms with Crippen LogP contribution in [0, 0.1) is 17.0 Å². The van der Waals surface area contributed by atoms with Crippen LogP contribution in [0.15, 0.2) is 41.7 Å². The van der Waals surface area contributed by atoms with Crippen LogP contribution in [-0.2, 0) is 0 Å². The van der Waals surface area contributed by atoms with Gasteiger partial charge in [0.2, 0.25) is 5.75 Å². The summed E-state index contributed by atoms with van der Waals surface area (Å²) in [6.45, 7) is 1.80. The number of oxime groups is 1. The van der Waals surface area contributed by atoms with Crippen molar-refractivity contribution < 1.29 is 14.9 Å². The fraction of sp³-hybridized carbons (Fsp3) is 0.0769. The minimum Gasteiger partial charge on any atom is -0.448 e.